The third-order valence-corrected chi connectivity index (χ3v) is 3.69. The molecule has 1 aliphatic carbocycles. The predicted molar refractivity (Wildman–Crippen MR) is 71.5 cm³/mol. The van der Waals surface area contributed by atoms with Crippen LogP contribution in [0.25, 0.3) is 0 Å². The quantitative estimate of drug-likeness (QED) is 0.888. The van der Waals surface area contributed by atoms with Crippen molar-refractivity contribution < 1.29 is 9.53 Å². The fourth-order valence-electron chi connectivity index (χ4n) is 2.62. The van der Waals surface area contributed by atoms with Crippen LogP contribution in [0, 0.1) is 5.92 Å². The number of hydrogen-bond donors (Lipinski definition) is 1. The normalized spacial score (nSPS) is 17.4. The highest BCUT2D eigenvalue weighted by molar-refractivity contribution is 5.79. The van der Waals surface area contributed by atoms with Crippen LogP contribution in [0.4, 0.5) is 0 Å². The third kappa shape index (κ3) is 2.84. The van der Waals surface area contributed by atoms with Crippen LogP contribution < -0.4 is 10.1 Å². The average Bonchev–Trinajstić information content (AvgIpc) is 2.92. The van der Waals surface area contributed by atoms with Gasteiger partial charge in [-0.1, -0.05) is 31.0 Å². The minimum absolute atomic E-state index is 0.00532. The van der Waals surface area contributed by atoms with E-state index in [0.29, 0.717) is 0 Å². The number of carbonyl (C=O) groups is 1. The monoisotopic (exact) mass is 247 g/mol. The second kappa shape index (κ2) is 5.89. The molecule has 0 unspecified atom stereocenters. The van der Waals surface area contributed by atoms with E-state index in [4.69, 9.17) is 4.74 Å². The maximum Gasteiger partial charge on any atom is 0.223 e. The minimum atomic E-state index is -0.00532. The molecule has 1 aliphatic rings. The van der Waals surface area contributed by atoms with Gasteiger partial charge >= 0.3 is 0 Å². The first-order valence-corrected chi connectivity index (χ1v) is 6.65. The van der Waals surface area contributed by atoms with Crippen molar-refractivity contribution in [3.63, 3.8) is 0 Å². The van der Waals surface area contributed by atoms with Crippen LogP contribution in [0.5, 0.6) is 5.75 Å². The van der Waals surface area contributed by atoms with Crippen LogP contribution in [0.3, 0.4) is 0 Å². The van der Waals surface area contributed by atoms with Crippen molar-refractivity contribution in [2.45, 2.75) is 38.6 Å². The maximum atomic E-state index is 12.1. The molecule has 0 bridgehead atoms. The van der Waals surface area contributed by atoms with Crippen molar-refractivity contribution in [1.82, 2.24) is 5.32 Å². The van der Waals surface area contributed by atoms with Crippen molar-refractivity contribution in [3.8, 4) is 5.75 Å². The molecule has 0 aromatic heterocycles. The molecule has 1 atom stereocenters. The van der Waals surface area contributed by atoms with Crippen molar-refractivity contribution in [1.29, 1.82) is 0 Å². The van der Waals surface area contributed by atoms with Gasteiger partial charge in [0.1, 0.15) is 5.75 Å². The molecule has 0 saturated heterocycles. The molecular formula is C15H21NO2. The van der Waals surface area contributed by atoms with Gasteiger partial charge in [-0.2, -0.15) is 0 Å². The van der Waals surface area contributed by atoms with Gasteiger partial charge in [0, 0.05) is 11.5 Å². The molecule has 18 heavy (non-hydrogen) atoms. The molecule has 1 amide bonds. The summed E-state index contributed by atoms with van der Waals surface area (Å²) in [5.74, 6) is 1.23. The number of rotatable bonds is 4. The van der Waals surface area contributed by atoms with Gasteiger partial charge in [0.25, 0.3) is 0 Å². The Labute approximate surface area is 109 Å². The van der Waals surface area contributed by atoms with Crippen LogP contribution in [-0.2, 0) is 4.79 Å². The summed E-state index contributed by atoms with van der Waals surface area (Å²) in [5.41, 5.74) is 1.03. The van der Waals surface area contributed by atoms with Crippen LogP contribution in [0.2, 0.25) is 0 Å². The predicted octanol–water partition coefficient (Wildman–Crippen LogP) is 3.06. The summed E-state index contributed by atoms with van der Waals surface area (Å²) < 4.78 is 5.32. The van der Waals surface area contributed by atoms with E-state index in [-0.39, 0.29) is 17.9 Å². The van der Waals surface area contributed by atoms with Crippen LogP contribution in [0.1, 0.15) is 44.2 Å². The first kappa shape index (κ1) is 12.9. The van der Waals surface area contributed by atoms with E-state index < -0.39 is 0 Å². The molecule has 0 heterocycles. The molecule has 98 valence electrons. The van der Waals surface area contributed by atoms with E-state index in [0.717, 1.165) is 24.2 Å². The molecule has 1 N–H and O–H groups in total. The molecule has 1 fully saturated rings. The first-order valence-electron chi connectivity index (χ1n) is 6.65. The van der Waals surface area contributed by atoms with Gasteiger partial charge in [-0.15, -0.1) is 0 Å². The number of hydrogen-bond acceptors (Lipinski definition) is 2. The van der Waals surface area contributed by atoms with E-state index in [1.165, 1.54) is 12.8 Å². The fourth-order valence-corrected chi connectivity index (χ4v) is 2.62. The van der Waals surface area contributed by atoms with Gasteiger partial charge in [0.15, 0.2) is 0 Å². The Morgan fingerprint density at radius 2 is 2.00 bits per heavy atom. The Bertz CT molecular complexity index is 411. The number of methoxy groups -OCH3 is 1. The molecule has 1 aromatic rings. The molecule has 0 spiro atoms. The Hall–Kier alpha value is -1.51. The van der Waals surface area contributed by atoms with Crippen molar-refractivity contribution in [2.24, 2.45) is 5.92 Å². The van der Waals surface area contributed by atoms with Crippen LogP contribution in [0.15, 0.2) is 24.3 Å². The van der Waals surface area contributed by atoms with E-state index in [1.807, 2.05) is 31.2 Å². The average molecular weight is 247 g/mol. The summed E-state index contributed by atoms with van der Waals surface area (Å²) in [5, 5.41) is 3.09. The zero-order valence-electron chi connectivity index (χ0n) is 11.1. The standard InChI is InChI=1S/C15H21NO2/c1-11(13-9-5-6-10-14(13)18-2)16-15(17)12-7-3-4-8-12/h5-6,9-12H,3-4,7-8H2,1-2H3,(H,16,17)/t11-/m1/s1. The summed E-state index contributed by atoms with van der Waals surface area (Å²) in [6, 6.07) is 7.82. The lowest BCUT2D eigenvalue weighted by atomic mass is 10.0. The van der Waals surface area contributed by atoms with E-state index in [2.05, 4.69) is 5.32 Å². The molecule has 1 saturated carbocycles. The topological polar surface area (TPSA) is 38.3 Å². The molecule has 3 nitrogen and oxygen atoms in total. The summed E-state index contributed by atoms with van der Waals surface area (Å²) >= 11 is 0. The van der Waals surface area contributed by atoms with E-state index in [1.54, 1.807) is 7.11 Å². The lowest BCUT2D eigenvalue weighted by Gasteiger charge is -2.19. The zero-order chi connectivity index (χ0) is 13.0. The Balaban J connectivity index is 2.02. The smallest absolute Gasteiger partial charge is 0.223 e. The molecule has 1 aromatic carbocycles. The lowest BCUT2D eigenvalue weighted by molar-refractivity contribution is -0.125. The van der Waals surface area contributed by atoms with Crippen LogP contribution >= 0.6 is 0 Å². The number of para-hydroxylation sites is 1. The molecule has 0 radical (unpaired) electrons. The number of ether oxygens (including phenoxy) is 1. The molecule has 0 aliphatic heterocycles. The Morgan fingerprint density at radius 1 is 1.33 bits per heavy atom. The van der Waals surface area contributed by atoms with Gasteiger partial charge in [-0.05, 0) is 25.8 Å². The summed E-state index contributed by atoms with van der Waals surface area (Å²) in [6.45, 7) is 2.00. The van der Waals surface area contributed by atoms with Gasteiger partial charge < -0.3 is 10.1 Å². The summed E-state index contributed by atoms with van der Waals surface area (Å²) in [4.78, 5) is 12.1. The SMILES string of the molecule is COc1ccccc1[C@@H](C)NC(=O)C1CCCC1. The Morgan fingerprint density at radius 3 is 2.67 bits per heavy atom. The fraction of sp³-hybridized carbons (Fsp3) is 0.533. The third-order valence-electron chi connectivity index (χ3n) is 3.69. The van der Waals surface area contributed by atoms with Crippen LogP contribution in [-0.4, -0.2) is 13.0 Å². The minimum Gasteiger partial charge on any atom is -0.496 e. The van der Waals surface area contributed by atoms with Gasteiger partial charge in [0.05, 0.1) is 13.2 Å². The van der Waals surface area contributed by atoms with Gasteiger partial charge in [0.2, 0.25) is 5.91 Å². The van der Waals surface area contributed by atoms with Crippen molar-refractivity contribution in [2.75, 3.05) is 7.11 Å². The highest BCUT2D eigenvalue weighted by Crippen LogP contribution is 2.28. The lowest BCUT2D eigenvalue weighted by Crippen LogP contribution is -2.31. The number of carbonyl (C=O) groups excluding carboxylic acids is 1. The van der Waals surface area contributed by atoms with Crippen molar-refractivity contribution in [3.05, 3.63) is 29.8 Å². The Kier molecular flexibility index (Phi) is 4.24. The second-order valence-corrected chi connectivity index (χ2v) is 4.95. The van der Waals surface area contributed by atoms with Gasteiger partial charge in [-0.3, -0.25) is 4.79 Å². The molecular weight excluding hydrogens is 226 g/mol. The summed E-state index contributed by atoms with van der Waals surface area (Å²) in [6.07, 6.45) is 4.43. The van der Waals surface area contributed by atoms with E-state index in [9.17, 15) is 4.79 Å². The second-order valence-electron chi connectivity index (χ2n) is 4.95. The molecule has 2 rings (SSSR count). The van der Waals surface area contributed by atoms with Crippen molar-refractivity contribution >= 4 is 5.91 Å². The van der Waals surface area contributed by atoms with Gasteiger partial charge in [-0.25, -0.2) is 0 Å². The highest BCUT2D eigenvalue weighted by atomic mass is 16.5. The summed E-state index contributed by atoms with van der Waals surface area (Å²) in [7, 11) is 1.66. The zero-order valence-corrected chi connectivity index (χ0v) is 11.1. The van der Waals surface area contributed by atoms with E-state index >= 15 is 0 Å². The maximum absolute atomic E-state index is 12.1. The number of amides is 1. The largest absolute Gasteiger partial charge is 0.496 e. The first-order chi connectivity index (χ1) is 8.72. The molecule has 3 heteroatoms. The number of nitrogens with one attached hydrogen (secondary N) is 1. The number of benzene rings is 1. The highest BCUT2D eigenvalue weighted by Gasteiger charge is 2.24.